The second kappa shape index (κ2) is 36.1. The summed E-state index contributed by atoms with van der Waals surface area (Å²) in [4.78, 5) is 0. The average molecular weight is 1640 g/mol. The fraction of sp³-hybridized carbons (Fsp3) is 0.345. The summed E-state index contributed by atoms with van der Waals surface area (Å²) in [7, 11) is 0. The van der Waals surface area contributed by atoms with E-state index in [0.717, 1.165) is 161 Å². The first-order chi connectivity index (χ1) is 56.4. The molecule has 0 spiro atoms. The molecular weight excluding hydrogens is 1510 g/mol. The maximum absolute atomic E-state index is 11.9. The van der Waals surface area contributed by atoms with Crippen molar-refractivity contribution in [1.29, 1.82) is 0 Å². The summed E-state index contributed by atoms with van der Waals surface area (Å²) in [6.45, 7) is 58.2. The van der Waals surface area contributed by atoms with E-state index in [1.807, 2.05) is 213 Å². The molecule has 12 aromatic rings. The quantitative estimate of drug-likeness (QED) is 0.0402. The van der Waals surface area contributed by atoms with Crippen LogP contribution >= 0.6 is 0 Å². The van der Waals surface area contributed by atoms with Crippen molar-refractivity contribution in [3.05, 3.63) is 350 Å². The summed E-state index contributed by atoms with van der Waals surface area (Å²) < 4.78 is 0. The first kappa shape index (κ1) is 94.1. The molecule has 0 aliphatic heterocycles. The van der Waals surface area contributed by atoms with Crippen molar-refractivity contribution in [2.75, 3.05) is 22.9 Å². The van der Waals surface area contributed by atoms with Gasteiger partial charge in [0.2, 0.25) is 0 Å². The minimum absolute atomic E-state index is 0.00778. The SMILES string of the molecule is CC(C)(C)c1cc(C(c2ccc(N)cc2)c2cc(C(C)(C)C)cc(C(C)(C)C)c2O)c(O)c(C(C)(C)C)c1.Cc1cc(C(c2ccc(N)cc2)c2cc(C)c(O)c(C)c2)cc(C)c1O.Cc1cc(C(c2ccc(N)cc2)c2cc(C)cc(C(C)(C)C)c2O)c(O)c(C(C)(C)C)c1.Cc1cc(C)c(O)c(C(c2ccc(N)cc2)c2cc(C)cc(C)c2O)c1. The Bertz CT molecular complexity index is 5460. The standard InChI is InChI=1S/C35H49NO2.C29H37NO2.2C23H25NO2/c1-32(2,3)22-17-25(30(37)27(19-22)34(7,8)9)29(21-13-15-24(36)16-14-21)26-18-23(33(4,5)6)20-28(31(26)38)35(10,11)12;1-17-13-21(26(31)23(15-17)28(3,4)5)25(19-9-11-20(30)12-10-19)22-14-18(2)16-24(27(22)32)29(6,7)8;1-13-9-18(10-14(2)22(13)25)21(17-5-7-20(24)8-6-17)19-11-15(3)23(26)16(4)12-19;1-13-9-15(3)22(25)19(11-13)21(17-5-7-18(24)8-6-17)20-12-14(2)10-16(4)23(20)26/h13-20,29,37-38H,36H2,1-12H3;9-16,25,31-32H,30H2,1-8H3;2*5-12,21,25-26H,24H2,1-4H3. The molecule has 0 aliphatic carbocycles. The summed E-state index contributed by atoms with van der Waals surface area (Å²) >= 11 is 0. The number of rotatable bonds is 12. The molecule has 0 heterocycles. The third-order valence-corrected chi connectivity index (χ3v) is 23.4. The molecule has 12 nitrogen and oxygen atoms in total. The molecular formula is C110H136N4O8. The lowest BCUT2D eigenvalue weighted by Gasteiger charge is -2.32. The highest BCUT2D eigenvalue weighted by Crippen LogP contribution is 2.53. The number of nitrogen functional groups attached to an aromatic ring is 4. The second-order valence-corrected chi connectivity index (χ2v) is 40.4. The molecule has 0 aromatic heterocycles. The van der Waals surface area contributed by atoms with E-state index in [0.29, 0.717) is 28.6 Å². The third kappa shape index (κ3) is 21.6. The minimum Gasteiger partial charge on any atom is -0.507 e. The average Bonchev–Trinajstić information content (AvgIpc) is 0.743. The van der Waals surface area contributed by atoms with E-state index in [4.69, 9.17) is 22.9 Å². The van der Waals surface area contributed by atoms with Crippen LogP contribution in [0.1, 0.15) is 304 Å². The topological polar surface area (TPSA) is 266 Å². The lowest BCUT2D eigenvalue weighted by Crippen LogP contribution is -2.20. The lowest BCUT2D eigenvalue weighted by molar-refractivity contribution is 0.428. The van der Waals surface area contributed by atoms with Crippen LogP contribution in [0.5, 0.6) is 46.0 Å². The molecule has 0 bridgehead atoms. The maximum Gasteiger partial charge on any atom is 0.123 e. The van der Waals surface area contributed by atoms with Crippen molar-refractivity contribution < 1.29 is 40.9 Å². The van der Waals surface area contributed by atoms with Crippen molar-refractivity contribution in [2.24, 2.45) is 0 Å². The van der Waals surface area contributed by atoms with Gasteiger partial charge in [-0.25, -0.2) is 0 Å². The number of nitrogens with two attached hydrogens (primary N) is 4. The van der Waals surface area contributed by atoms with Crippen LogP contribution in [0.15, 0.2) is 194 Å². The Morgan fingerprint density at radius 2 is 0.377 bits per heavy atom. The molecule has 12 aromatic carbocycles. The predicted molar refractivity (Wildman–Crippen MR) is 512 cm³/mol. The molecule has 0 amide bonds. The second-order valence-electron chi connectivity index (χ2n) is 40.4. The fourth-order valence-electron chi connectivity index (χ4n) is 16.6. The predicted octanol–water partition coefficient (Wildman–Crippen LogP) is 26.3. The zero-order valence-electron chi connectivity index (χ0n) is 77.7. The molecule has 0 saturated carbocycles. The molecule has 0 radical (unpaired) electrons. The Morgan fingerprint density at radius 3 is 0.598 bits per heavy atom. The summed E-state index contributed by atoms with van der Waals surface area (Å²) in [5, 5.41) is 88.7. The van der Waals surface area contributed by atoms with Gasteiger partial charge in [0.05, 0.1) is 0 Å². The van der Waals surface area contributed by atoms with E-state index in [1.165, 1.54) is 0 Å². The smallest absolute Gasteiger partial charge is 0.123 e. The highest BCUT2D eigenvalue weighted by molar-refractivity contribution is 5.66. The van der Waals surface area contributed by atoms with Crippen molar-refractivity contribution in [3.8, 4) is 46.0 Å². The van der Waals surface area contributed by atoms with Gasteiger partial charge in [0.25, 0.3) is 0 Å². The van der Waals surface area contributed by atoms with Gasteiger partial charge in [-0.2, -0.15) is 0 Å². The number of benzene rings is 12. The van der Waals surface area contributed by atoms with Crippen LogP contribution in [0.2, 0.25) is 0 Å². The van der Waals surface area contributed by atoms with Crippen molar-refractivity contribution in [3.63, 3.8) is 0 Å². The van der Waals surface area contributed by atoms with Crippen molar-refractivity contribution in [1.82, 2.24) is 0 Å². The molecule has 12 heteroatoms. The van der Waals surface area contributed by atoms with E-state index in [1.54, 1.807) is 0 Å². The van der Waals surface area contributed by atoms with Crippen molar-refractivity contribution in [2.45, 2.75) is 250 Å². The van der Waals surface area contributed by atoms with Crippen LogP contribution in [0.4, 0.5) is 22.7 Å². The first-order valence-corrected chi connectivity index (χ1v) is 42.4. The van der Waals surface area contributed by atoms with Gasteiger partial charge in [-0.3, -0.25) is 0 Å². The Kier molecular flexibility index (Phi) is 27.9. The van der Waals surface area contributed by atoms with Crippen LogP contribution in [-0.2, 0) is 32.5 Å². The highest BCUT2D eigenvalue weighted by Gasteiger charge is 2.36. The van der Waals surface area contributed by atoms with Crippen LogP contribution in [0.25, 0.3) is 0 Å². The van der Waals surface area contributed by atoms with Crippen LogP contribution in [-0.4, -0.2) is 40.9 Å². The Labute approximate surface area is 728 Å². The number of aromatic hydroxyl groups is 8. The van der Waals surface area contributed by atoms with Crippen molar-refractivity contribution >= 4 is 22.7 Å². The van der Waals surface area contributed by atoms with E-state index >= 15 is 0 Å². The van der Waals surface area contributed by atoms with Crippen LogP contribution in [0.3, 0.4) is 0 Å². The Balaban J connectivity index is 0.000000187. The zero-order chi connectivity index (χ0) is 91.0. The summed E-state index contributed by atoms with van der Waals surface area (Å²) in [5.41, 5.74) is 51.6. The molecule has 122 heavy (non-hydrogen) atoms. The Hall–Kier alpha value is -11.8. The first-order valence-electron chi connectivity index (χ1n) is 42.4. The summed E-state index contributed by atoms with van der Waals surface area (Å²) in [6.07, 6.45) is 0. The Morgan fingerprint density at radius 1 is 0.189 bits per heavy atom. The summed E-state index contributed by atoms with van der Waals surface area (Å²) in [5.74, 6) is 1.30. The minimum atomic E-state index is -0.387. The molecule has 16 N–H and O–H groups in total. The number of hydrogen-bond donors (Lipinski definition) is 12. The van der Waals surface area contributed by atoms with Crippen LogP contribution in [0, 0.1) is 69.2 Å². The third-order valence-electron chi connectivity index (χ3n) is 23.4. The number of phenolic OH excluding ortho intramolecular Hbond substituents is 8. The van der Waals surface area contributed by atoms with Gasteiger partial charge in [0.15, 0.2) is 0 Å². The van der Waals surface area contributed by atoms with E-state index in [9.17, 15) is 40.9 Å². The molecule has 0 atom stereocenters. The van der Waals surface area contributed by atoms with Gasteiger partial charge >= 0.3 is 0 Å². The van der Waals surface area contributed by atoms with Gasteiger partial charge < -0.3 is 63.8 Å². The number of phenols is 8. The van der Waals surface area contributed by atoms with Gasteiger partial charge in [0.1, 0.15) is 46.0 Å². The lowest BCUT2D eigenvalue weighted by atomic mass is 9.72. The van der Waals surface area contributed by atoms with E-state index < -0.39 is 0 Å². The number of anilines is 4. The zero-order valence-corrected chi connectivity index (χ0v) is 77.7. The molecule has 644 valence electrons. The summed E-state index contributed by atoms with van der Waals surface area (Å²) in [6, 6.07) is 63.7. The van der Waals surface area contributed by atoms with Gasteiger partial charge in [-0.05, 0) is 250 Å². The molecule has 12 rings (SSSR count). The molecule has 0 unspecified atom stereocenters. The van der Waals surface area contributed by atoms with Crippen LogP contribution < -0.4 is 22.9 Å². The molecule has 0 saturated heterocycles. The number of aryl methyl sites for hydroxylation is 10. The van der Waals surface area contributed by atoms with E-state index in [-0.39, 0.29) is 90.7 Å². The maximum atomic E-state index is 11.9. The van der Waals surface area contributed by atoms with Gasteiger partial charge in [-0.15, -0.1) is 0 Å². The fourth-order valence-corrected chi connectivity index (χ4v) is 16.6. The molecule has 0 fully saturated rings. The largest absolute Gasteiger partial charge is 0.507 e. The highest BCUT2D eigenvalue weighted by atomic mass is 16.3. The normalized spacial score (nSPS) is 12.1. The van der Waals surface area contributed by atoms with Gasteiger partial charge in [0, 0.05) is 79.8 Å². The monoisotopic (exact) mass is 1640 g/mol. The van der Waals surface area contributed by atoms with E-state index in [2.05, 4.69) is 175 Å². The number of hydrogen-bond acceptors (Lipinski definition) is 12. The molecule has 0 aliphatic rings. The van der Waals surface area contributed by atoms with Gasteiger partial charge in [-0.1, -0.05) is 292 Å².